The second-order valence-corrected chi connectivity index (χ2v) is 4.97. The van der Waals surface area contributed by atoms with Crippen molar-refractivity contribution in [2.75, 3.05) is 0 Å². The number of carbonyl (C=O) groups is 1. The van der Waals surface area contributed by atoms with Crippen LogP contribution in [0.3, 0.4) is 0 Å². The number of nitrogens with zero attached hydrogens (tertiary/aromatic N) is 2. The van der Waals surface area contributed by atoms with Crippen molar-refractivity contribution in [1.29, 1.82) is 5.26 Å². The van der Waals surface area contributed by atoms with Crippen LogP contribution in [0.5, 0.6) is 0 Å². The van der Waals surface area contributed by atoms with Crippen LogP contribution in [0.4, 0.5) is 13.2 Å². The van der Waals surface area contributed by atoms with E-state index in [2.05, 4.69) is 0 Å². The van der Waals surface area contributed by atoms with Crippen molar-refractivity contribution in [3.63, 3.8) is 0 Å². The van der Waals surface area contributed by atoms with E-state index < -0.39 is 11.7 Å². The number of hydrogen-bond donors (Lipinski definition) is 0. The van der Waals surface area contributed by atoms with Gasteiger partial charge in [0.15, 0.2) is 0 Å². The number of aryl methyl sites for hydroxylation is 1. The van der Waals surface area contributed by atoms with Crippen molar-refractivity contribution >= 4 is 5.78 Å². The van der Waals surface area contributed by atoms with Gasteiger partial charge in [0.1, 0.15) is 0 Å². The smallest absolute Gasteiger partial charge is 0.344 e. The molecule has 114 valence electrons. The van der Waals surface area contributed by atoms with Gasteiger partial charge in [0, 0.05) is 18.3 Å². The summed E-state index contributed by atoms with van der Waals surface area (Å²) in [5.41, 5.74) is 1.15. The second kappa shape index (κ2) is 5.68. The fraction of sp³-hybridized carbons (Fsp3) is 0.250. The number of carbonyl (C=O) groups excluding carboxylic acids is 1. The van der Waals surface area contributed by atoms with E-state index in [-0.39, 0.29) is 17.8 Å². The molecule has 0 aliphatic heterocycles. The van der Waals surface area contributed by atoms with Crippen molar-refractivity contribution in [1.82, 2.24) is 4.57 Å². The first-order valence-electron chi connectivity index (χ1n) is 6.49. The van der Waals surface area contributed by atoms with Crippen LogP contribution in [0.2, 0.25) is 0 Å². The molecule has 0 saturated heterocycles. The zero-order chi connectivity index (χ0) is 16.5. The third-order valence-electron chi connectivity index (χ3n) is 3.47. The van der Waals surface area contributed by atoms with Crippen LogP contribution in [-0.4, -0.2) is 10.4 Å². The van der Waals surface area contributed by atoms with Gasteiger partial charge in [-0.15, -0.1) is 0 Å². The molecule has 0 aliphatic carbocycles. The lowest BCUT2D eigenvalue weighted by Crippen LogP contribution is -2.11. The summed E-state index contributed by atoms with van der Waals surface area (Å²) in [6.07, 6.45) is -4.26. The van der Waals surface area contributed by atoms with Gasteiger partial charge in [0.25, 0.3) is 0 Å². The fourth-order valence-corrected chi connectivity index (χ4v) is 2.35. The Balaban J connectivity index is 2.39. The molecule has 0 fully saturated rings. The second-order valence-electron chi connectivity index (χ2n) is 4.97. The molecule has 0 saturated carbocycles. The minimum atomic E-state index is -4.43. The number of ketones is 1. The fourth-order valence-electron chi connectivity index (χ4n) is 2.35. The molecular formula is C16H13F3N2O. The summed E-state index contributed by atoms with van der Waals surface area (Å²) in [5, 5.41) is 8.75. The highest BCUT2D eigenvalue weighted by atomic mass is 19.4. The first kappa shape index (κ1) is 15.8. The molecule has 0 aliphatic rings. The summed E-state index contributed by atoms with van der Waals surface area (Å²) in [6.45, 7) is 1.73. The molecule has 0 atom stereocenters. The number of aromatic nitrogens is 1. The molecule has 0 spiro atoms. The molecule has 0 unspecified atom stereocenters. The molecule has 2 rings (SSSR count). The van der Waals surface area contributed by atoms with Crippen molar-refractivity contribution in [3.8, 4) is 6.07 Å². The zero-order valence-corrected chi connectivity index (χ0v) is 12.0. The van der Waals surface area contributed by atoms with Crippen molar-refractivity contribution < 1.29 is 18.0 Å². The van der Waals surface area contributed by atoms with Gasteiger partial charge in [-0.05, 0) is 30.7 Å². The molecule has 2 aromatic rings. The number of halogens is 3. The molecule has 3 nitrogen and oxygen atoms in total. The van der Waals surface area contributed by atoms with Crippen LogP contribution in [0.15, 0.2) is 30.3 Å². The average Bonchev–Trinajstić information content (AvgIpc) is 2.72. The predicted octanol–water partition coefficient (Wildman–Crippen LogP) is 3.65. The Kier molecular flexibility index (Phi) is 4.09. The van der Waals surface area contributed by atoms with E-state index in [1.165, 1.54) is 12.1 Å². The standard InChI is InChI=1S/C16H13F3N2O/c1-10-9-13(7-8-20)21(2)14(10)15(22)11-3-5-12(6-4-11)16(17,18)19/h3-6,9H,7H2,1-2H3. The van der Waals surface area contributed by atoms with E-state index >= 15 is 0 Å². The Morgan fingerprint density at radius 2 is 1.86 bits per heavy atom. The van der Waals surface area contributed by atoms with Gasteiger partial charge in [-0.3, -0.25) is 4.79 Å². The largest absolute Gasteiger partial charge is 0.416 e. The lowest BCUT2D eigenvalue weighted by molar-refractivity contribution is -0.137. The van der Waals surface area contributed by atoms with Crippen LogP contribution in [0, 0.1) is 18.3 Å². The zero-order valence-electron chi connectivity index (χ0n) is 12.0. The summed E-state index contributed by atoms with van der Waals surface area (Å²) in [5.74, 6) is -0.363. The SMILES string of the molecule is Cc1cc(CC#N)n(C)c1C(=O)c1ccc(C(F)(F)F)cc1. The lowest BCUT2D eigenvalue weighted by Gasteiger charge is -2.09. The lowest BCUT2D eigenvalue weighted by atomic mass is 10.0. The van der Waals surface area contributed by atoms with Crippen molar-refractivity contribution in [2.45, 2.75) is 19.5 Å². The summed E-state index contributed by atoms with van der Waals surface area (Å²) >= 11 is 0. The van der Waals surface area contributed by atoms with E-state index in [0.717, 1.165) is 12.1 Å². The topological polar surface area (TPSA) is 45.8 Å². The van der Waals surface area contributed by atoms with Gasteiger partial charge in [0.05, 0.1) is 23.7 Å². The Morgan fingerprint density at radius 1 is 1.27 bits per heavy atom. The van der Waals surface area contributed by atoms with Crippen molar-refractivity contribution in [3.05, 3.63) is 58.4 Å². The highest BCUT2D eigenvalue weighted by molar-refractivity contribution is 6.09. The Bertz CT molecular complexity index is 749. The summed E-state index contributed by atoms with van der Waals surface area (Å²) in [7, 11) is 1.66. The van der Waals surface area contributed by atoms with Gasteiger partial charge in [-0.2, -0.15) is 18.4 Å². The minimum absolute atomic E-state index is 0.164. The van der Waals surface area contributed by atoms with Crippen molar-refractivity contribution in [2.24, 2.45) is 7.05 Å². The number of benzene rings is 1. The molecule has 1 heterocycles. The highest BCUT2D eigenvalue weighted by Crippen LogP contribution is 2.29. The molecule has 0 bridgehead atoms. The van der Waals surface area contributed by atoms with Crippen LogP contribution >= 0.6 is 0 Å². The Morgan fingerprint density at radius 3 is 2.36 bits per heavy atom. The molecule has 22 heavy (non-hydrogen) atoms. The first-order chi connectivity index (χ1) is 10.3. The van der Waals surface area contributed by atoms with Crippen LogP contribution in [0.25, 0.3) is 0 Å². The van der Waals surface area contributed by atoms with Crippen LogP contribution < -0.4 is 0 Å². The molecule has 1 aromatic carbocycles. The van der Waals surface area contributed by atoms with Gasteiger partial charge in [-0.25, -0.2) is 0 Å². The normalized spacial score (nSPS) is 11.3. The maximum atomic E-state index is 12.5. The van der Waals surface area contributed by atoms with E-state index in [4.69, 9.17) is 5.26 Å². The summed E-state index contributed by atoms with van der Waals surface area (Å²) in [6, 6.07) is 7.87. The van der Waals surface area contributed by atoms with E-state index in [0.29, 0.717) is 17.0 Å². The summed E-state index contributed by atoms with van der Waals surface area (Å²) < 4.78 is 39.2. The van der Waals surface area contributed by atoms with Gasteiger partial charge >= 0.3 is 6.18 Å². The van der Waals surface area contributed by atoms with Crippen LogP contribution in [-0.2, 0) is 19.6 Å². The quantitative estimate of drug-likeness (QED) is 0.813. The number of alkyl halides is 3. The maximum absolute atomic E-state index is 12.5. The highest BCUT2D eigenvalue weighted by Gasteiger charge is 2.30. The third-order valence-corrected chi connectivity index (χ3v) is 3.47. The molecule has 1 aromatic heterocycles. The average molecular weight is 306 g/mol. The maximum Gasteiger partial charge on any atom is 0.416 e. The van der Waals surface area contributed by atoms with E-state index in [1.54, 1.807) is 24.6 Å². The number of rotatable bonds is 3. The Hall–Kier alpha value is -2.55. The monoisotopic (exact) mass is 306 g/mol. The minimum Gasteiger partial charge on any atom is -0.344 e. The van der Waals surface area contributed by atoms with E-state index in [1.807, 2.05) is 6.07 Å². The predicted molar refractivity (Wildman–Crippen MR) is 74.3 cm³/mol. The first-order valence-corrected chi connectivity index (χ1v) is 6.49. The molecule has 0 amide bonds. The van der Waals surface area contributed by atoms with Gasteiger partial charge in [0.2, 0.25) is 5.78 Å². The summed E-state index contributed by atoms with van der Waals surface area (Å²) in [4.78, 5) is 12.5. The molecule has 0 N–H and O–H groups in total. The van der Waals surface area contributed by atoms with Gasteiger partial charge in [-0.1, -0.05) is 12.1 Å². The van der Waals surface area contributed by atoms with Gasteiger partial charge < -0.3 is 4.57 Å². The molecule has 0 radical (unpaired) electrons. The van der Waals surface area contributed by atoms with Crippen LogP contribution in [0.1, 0.15) is 32.9 Å². The molecular weight excluding hydrogens is 293 g/mol. The Labute approximate surface area is 125 Å². The molecule has 6 heteroatoms. The third kappa shape index (κ3) is 2.89. The number of nitriles is 1. The number of hydrogen-bond acceptors (Lipinski definition) is 2. The van der Waals surface area contributed by atoms with E-state index in [9.17, 15) is 18.0 Å².